The fourth-order valence-corrected chi connectivity index (χ4v) is 4.66. The summed E-state index contributed by atoms with van der Waals surface area (Å²) in [5, 5.41) is 16.3. The first-order valence-electron chi connectivity index (χ1n) is 12.0. The molecule has 0 radical (unpaired) electrons. The van der Waals surface area contributed by atoms with Crippen molar-refractivity contribution in [3.05, 3.63) is 58.9 Å². The Morgan fingerprint density at radius 3 is 2.47 bits per heavy atom. The number of tetrazole rings is 1. The number of H-pyrrole nitrogens is 1. The van der Waals surface area contributed by atoms with Crippen LogP contribution in [-0.2, 0) is 21.1 Å². The summed E-state index contributed by atoms with van der Waals surface area (Å²) in [5.41, 5.74) is -1.75. The Bertz CT molecular complexity index is 1350. The number of alkyl halides is 3. The van der Waals surface area contributed by atoms with E-state index in [4.69, 9.17) is 4.74 Å². The predicted octanol–water partition coefficient (Wildman–Crippen LogP) is 3.95. The van der Waals surface area contributed by atoms with E-state index in [1.807, 2.05) is 7.05 Å². The number of nitrogens with one attached hydrogen (secondary N) is 2. The van der Waals surface area contributed by atoms with E-state index in [0.29, 0.717) is 18.9 Å². The second-order valence-corrected chi connectivity index (χ2v) is 9.65. The Balaban J connectivity index is 1.37. The van der Waals surface area contributed by atoms with Crippen molar-refractivity contribution in [1.29, 1.82) is 0 Å². The maximum absolute atomic E-state index is 14.7. The maximum Gasteiger partial charge on any atom is 0.416 e. The molecule has 0 bridgehead atoms. The van der Waals surface area contributed by atoms with Crippen LogP contribution in [0, 0.1) is 5.82 Å². The highest BCUT2D eigenvalue weighted by Gasteiger charge is 2.53. The van der Waals surface area contributed by atoms with Gasteiger partial charge in [-0.15, -0.1) is 5.10 Å². The predicted molar refractivity (Wildman–Crippen MR) is 126 cm³/mol. The third kappa shape index (κ3) is 5.10. The molecule has 1 aliphatic carbocycles. The molecular formula is C25H24F4N6O3. The number of ether oxygens (including phenoxy) is 1. The standard InChI is InChI=1S/C25H24F4N6O3/c1-35-10-6-16(7-11-35)38-22(36)17-4-3-15(13-18(17)21-31-33-34-32-21)30-23(37)24(8-9-24)19-5-2-14(12-20(19)26)25(27,28)29/h2-5,12-13,16H,6-11H2,1H3,(H,30,37)(H,31,32,33,34). The number of nitrogens with zero attached hydrogens (tertiary/aromatic N) is 4. The van der Waals surface area contributed by atoms with Crippen LogP contribution < -0.4 is 5.32 Å². The zero-order valence-electron chi connectivity index (χ0n) is 20.3. The molecule has 3 aromatic rings. The molecule has 1 aliphatic heterocycles. The molecule has 2 aliphatic rings. The minimum atomic E-state index is -4.69. The quantitative estimate of drug-likeness (QED) is 0.365. The Labute approximate surface area is 214 Å². The van der Waals surface area contributed by atoms with E-state index in [9.17, 15) is 27.2 Å². The lowest BCUT2D eigenvalue weighted by atomic mass is 9.93. The Hall–Kier alpha value is -3.87. The number of likely N-dealkylation sites (tertiary alicyclic amines) is 1. The molecular weight excluding hydrogens is 508 g/mol. The summed E-state index contributed by atoms with van der Waals surface area (Å²) in [5.74, 6) is -2.05. The highest BCUT2D eigenvalue weighted by Crippen LogP contribution is 2.50. The number of hydrogen-bond acceptors (Lipinski definition) is 7. The van der Waals surface area contributed by atoms with Gasteiger partial charge in [-0.3, -0.25) is 4.79 Å². The van der Waals surface area contributed by atoms with Gasteiger partial charge in [0.25, 0.3) is 0 Å². The van der Waals surface area contributed by atoms with Gasteiger partial charge in [-0.2, -0.15) is 13.2 Å². The van der Waals surface area contributed by atoms with Crippen molar-refractivity contribution in [1.82, 2.24) is 25.5 Å². The van der Waals surface area contributed by atoms with E-state index >= 15 is 0 Å². The van der Waals surface area contributed by atoms with Gasteiger partial charge in [-0.25, -0.2) is 14.3 Å². The first-order chi connectivity index (χ1) is 18.1. The highest BCUT2D eigenvalue weighted by atomic mass is 19.4. The fraction of sp³-hybridized carbons (Fsp3) is 0.400. The molecule has 2 fully saturated rings. The number of aromatic amines is 1. The summed E-state index contributed by atoms with van der Waals surface area (Å²) in [6.07, 6.45) is -2.95. The molecule has 13 heteroatoms. The van der Waals surface area contributed by atoms with Crippen LogP contribution in [0.3, 0.4) is 0 Å². The molecule has 0 unspecified atom stereocenters. The summed E-state index contributed by atoms with van der Waals surface area (Å²) < 4.78 is 59.2. The molecule has 1 saturated heterocycles. The topological polar surface area (TPSA) is 113 Å². The number of anilines is 1. The number of benzene rings is 2. The van der Waals surface area contributed by atoms with Crippen molar-refractivity contribution in [2.45, 2.75) is 43.4 Å². The normalized spacial score (nSPS) is 17.7. The van der Waals surface area contributed by atoms with E-state index in [-0.39, 0.29) is 47.1 Å². The lowest BCUT2D eigenvalue weighted by Gasteiger charge is -2.28. The molecule has 1 aromatic heterocycles. The Kier molecular flexibility index (Phi) is 6.63. The lowest BCUT2D eigenvalue weighted by molar-refractivity contribution is -0.137. The molecule has 200 valence electrons. The first-order valence-corrected chi connectivity index (χ1v) is 12.0. The summed E-state index contributed by atoms with van der Waals surface area (Å²) in [7, 11) is 2.00. The van der Waals surface area contributed by atoms with Gasteiger partial charge in [0.05, 0.1) is 16.5 Å². The van der Waals surface area contributed by atoms with Crippen LogP contribution in [0.25, 0.3) is 11.4 Å². The van der Waals surface area contributed by atoms with Gasteiger partial charge in [0, 0.05) is 29.9 Å². The van der Waals surface area contributed by atoms with Crippen LogP contribution >= 0.6 is 0 Å². The van der Waals surface area contributed by atoms with Gasteiger partial charge in [0.1, 0.15) is 11.9 Å². The molecule has 1 amide bonds. The van der Waals surface area contributed by atoms with E-state index in [2.05, 4.69) is 30.8 Å². The number of rotatable bonds is 6. The second-order valence-electron chi connectivity index (χ2n) is 9.65. The molecule has 0 spiro atoms. The third-order valence-electron chi connectivity index (χ3n) is 7.03. The smallest absolute Gasteiger partial charge is 0.416 e. The summed E-state index contributed by atoms with van der Waals surface area (Å²) >= 11 is 0. The second kappa shape index (κ2) is 9.78. The fourth-order valence-electron chi connectivity index (χ4n) is 4.66. The van der Waals surface area contributed by atoms with Crippen LogP contribution in [0.2, 0.25) is 0 Å². The molecule has 38 heavy (non-hydrogen) atoms. The maximum atomic E-state index is 14.7. The largest absolute Gasteiger partial charge is 0.459 e. The SMILES string of the molecule is CN1CCC(OC(=O)c2ccc(NC(=O)C3(c4ccc(C(F)(F)F)cc4F)CC3)cc2-c2nnn[nH]2)CC1. The average molecular weight is 532 g/mol. The number of aromatic nitrogens is 4. The van der Waals surface area contributed by atoms with Crippen molar-refractivity contribution in [2.75, 3.05) is 25.5 Å². The summed E-state index contributed by atoms with van der Waals surface area (Å²) in [6, 6.07) is 6.65. The van der Waals surface area contributed by atoms with E-state index in [1.165, 1.54) is 18.2 Å². The minimum absolute atomic E-state index is 0.0963. The van der Waals surface area contributed by atoms with Crippen LogP contribution in [0.1, 0.15) is 47.2 Å². The molecule has 2 heterocycles. The lowest BCUT2D eigenvalue weighted by Crippen LogP contribution is -2.35. The van der Waals surface area contributed by atoms with Gasteiger partial charge < -0.3 is 15.0 Å². The number of hydrogen-bond donors (Lipinski definition) is 2. The minimum Gasteiger partial charge on any atom is -0.459 e. The molecule has 5 rings (SSSR count). The van der Waals surface area contributed by atoms with Crippen molar-refractivity contribution in [2.24, 2.45) is 0 Å². The van der Waals surface area contributed by atoms with Crippen molar-refractivity contribution in [3.63, 3.8) is 0 Å². The van der Waals surface area contributed by atoms with Crippen LogP contribution in [0.15, 0.2) is 36.4 Å². The first kappa shape index (κ1) is 25.8. The zero-order valence-corrected chi connectivity index (χ0v) is 20.3. The molecule has 2 aromatic carbocycles. The van der Waals surface area contributed by atoms with Crippen LogP contribution in [-0.4, -0.2) is 63.6 Å². The van der Waals surface area contributed by atoms with Crippen LogP contribution in [0.5, 0.6) is 0 Å². The number of amides is 1. The van der Waals surface area contributed by atoms with Crippen LogP contribution in [0.4, 0.5) is 23.2 Å². The molecule has 2 N–H and O–H groups in total. The van der Waals surface area contributed by atoms with Gasteiger partial charge in [0.2, 0.25) is 5.91 Å². The number of piperidine rings is 1. The van der Waals surface area contributed by atoms with E-state index in [1.54, 1.807) is 0 Å². The van der Waals surface area contributed by atoms with Crippen molar-refractivity contribution in [3.8, 4) is 11.4 Å². The number of carbonyl (C=O) groups excluding carboxylic acids is 2. The summed E-state index contributed by atoms with van der Waals surface area (Å²) in [4.78, 5) is 28.3. The van der Waals surface area contributed by atoms with Crippen molar-refractivity contribution < 1.29 is 31.9 Å². The average Bonchev–Trinajstić information content (AvgIpc) is 3.50. The summed E-state index contributed by atoms with van der Waals surface area (Å²) in [6.45, 7) is 1.62. The monoisotopic (exact) mass is 532 g/mol. The number of carbonyl (C=O) groups is 2. The van der Waals surface area contributed by atoms with Gasteiger partial charge >= 0.3 is 12.1 Å². The Morgan fingerprint density at radius 1 is 1.13 bits per heavy atom. The number of esters is 1. The third-order valence-corrected chi connectivity index (χ3v) is 7.03. The van der Waals surface area contributed by atoms with E-state index in [0.717, 1.165) is 25.2 Å². The Morgan fingerprint density at radius 2 is 1.87 bits per heavy atom. The molecule has 9 nitrogen and oxygen atoms in total. The molecule has 0 atom stereocenters. The van der Waals surface area contributed by atoms with Gasteiger partial charge in [0.15, 0.2) is 5.82 Å². The highest BCUT2D eigenvalue weighted by molar-refractivity contribution is 6.03. The van der Waals surface area contributed by atoms with Gasteiger partial charge in [-0.05, 0) is 73.5 Å². The molecule has 1 saturated carbocycles. The van der Waals surface area contributed by atoms with E-state index < -0.39 is 34.8 Å². The zero-order chi connectivity index (χ0) is 27.1. The number of halogens is 4. The van der Waals surface area contributed by atoms with Gasteiger partial charge in [-0.1, -0.05) is 6.07 Å². The van der Waals surface area contributed by atoms with Crippen molar-refractivity contribution >= 4 is 17.6 Å².